The maximum Gasteiger partial charge on any atom is 0.224 e. The van der Waals surface area contributed by atoms with E-state index in [1.165, 1.54) is 38.8 Å². The molecule has 4 rings (SSSR count). The number of nitrogen functional groups attached to an aromatic ring is 1. The van der Waals surface area contributed by atoms with Crippen LogP contribution in [-0.2, 0) is 0 Å². The van der Waals surface area contributed by atoms with Crippen LogP contribution < -0.4 is 16.0 Å². The molecule has 0 aliphatic carbocycles. The molecule has 0 spiro atoms. The molecule has 0 amide bonds. The van der Waals surface area contributed by atoms with Gasteiger partial charge in [-0.3, -0.25) is 0 Å². The number of hydrogen-bond donors (Lipinski definition) is 3. The van der Waals surface area contributed by atoms with Crippen molar-refractivity contribution in [2.45, 2.75) is 25.7 Å². The Kier molecular flexibility index (Phi) is 3.57. The molecule has 7 nitrogen and oxygen atoms in total. The zero-order chi connectivity index (χ0) is 14.9. The van der Waals surface area contributed by atoms with Crippen LogP contribution >= 0.6 is 0 Å². The lowest BCUT2D eigenvalue weighted by Crippen LogP contribution is -2.39. The Morgan fingerprint density at radius 1 is 1.05 bits per heavy atom. The minimum absolute atomic E-state index is 0.301. The Labute approximate surface area is 129 Å². The zero-order valence-corrected chi connectivity index (χ0v) is 12.8. The maximum atomic E-state index is 5.83. The Hall–Kier alpha value is -1.89. The topological polar surface area (TPSA) is 95.8 Å². The van der Waals surface area contributed by atoms with Gasteiger partial charge in [-0.2, -0.15) is 9.97 Å². The molecule has 2 aliphatic rings. The second-order valence-corrected chi connectivity index (χ2v) is 6.42. The van der Waals surface area contributed by atoms with Crippen molar-refractivity contribution in [1.82, 2.24) is 25.3 Å². The second-order valence-electron chi connectivity index (χ2n) is 6.42. The molecule has 2 saturated heterocycles. The van der Waals surface area contributed by atoms with E-state index in [0.717, 1.165) is 36.3 Å². The largest absolute Gasteiger partial charge is 0.368 e. The Bertz CT molecular complexity index is 638. The quantitative estimate of drug-likeness (QED) is 0.770. The number of nitrogens with one attached hydrogen (secondary N) is 2. The number of imidazole rings is 1. The third-order valence-electron chi connectivity index (χ3n) is 5.17. The molecule has 0 aromatic carbocycles. The third kappa shape index (κ3) is 2.49. The predicted octanol–water partition coefficient (Wildman–Crippen LogP) is 1.15. The van der Waals surface area contributed by atoms with Crippen molar-refractivity contribution in [1.29, 1.82) is 0 Å². The summed E-state index contributed by atoms with van der Waals surface area (Å²) in [6, 6.07) is 0. The minimum Gasteiger partial charge on any atom is -0.368 e. The molecule has 7 heteroatoms. The van der Waals surface area contributed by atoms with Gasteiger partial charge < -0.3 is 20.9 Å². The standard InChI is InChI=1S/C15H23N7/c16-15-20-13-12(18-9-19-13)14(21-15)22-7-3-11(4-8-22)10-1-5-17-6-2-10/h9-11,17H,1-8H2,(H3,16,18,19,20,21). The molecular formula is C15H23N7. The van der Waals surface area contributed by atoms with Crippen LogP contribution in [0.15, 0.2) is 6.33 Å². The summed E-state index contributed by atoms with van der Waals surface area (Å²) in [5, 5.41) is 3.46. The summed E-state index contributed by atoms with van der Waals surface area (Å²) in [5.41, 5.74) is 7.38. The number of hydrogen-bond acceptors (Lipinski definition) is 6. The van der Waals surface area contributed by atoms with Gasteiger partial charge in [0.05, 0.1) is 6.33 Å². The lowest BCUT2D eigenvalue weighted by atomic mass is 9.79. The van der Waals surface area contributed by atoms with Crippen LogP contribution in [0, 0.1) is 11.8 Å². The van der Waals surface area contributed by atoms with Gasteiger partial charge in [-0.1, -0.05) is 0 Å². The Morgan fingerprint density at radius 2 is 1.77 bits per heavy atom. The number of aromatic nitrogens is 4. The smallest absolute Gasteiger partial charge is 0.224 e. The van der Waals surface area contributed by atoms with Gasteiger partial charge in [0, 0.05) is 13.1 Å². The third-order valence-corrected chi connectivity index (χ3v) is 5.17. The maximum absolute atomic E-state index is 5.83. The fourth-order valence-electron chi connectivity index (χ4n) is 3.96. The number of nitrogens with zero attached hydrogens (tertiary/aromatic N) is 4. The molecule has 4 heterocycles. The molecule has 22 heavy (non-hydrogen) atoms. The first kappa shape index (κ1) is 13.8. The lowest BCUT2D eigenvalue weighted by Gasteiger charge is -2.38. The highest BCUT2D eigenvalue weighted by Gasteiger charge is 2.29. The van der Waals surface area contributed by atoms with Gasteiger partial charge in [0.1, 0.15) is 5.52 Å². The van der Waals surface area contributed by atoms with Crippen molar-refractivity contribution in [2.75, 3.05) is 36.8 Å². The van der Waals surface area contributed by atoms with E-state index < -0.39 is 0 Å². The molecule has 2 aromatic heterocycles. The van der Waals surface area contributed by atoms with Crippen LogP contribution in [0.25, 0.3) is 11.2 Å². The average Bonchev–Trinajstić information content (AvgIpc) is 3.03. The van der Waals surface area contributed by atoms with Gasteiger partial charge >= 0.3 is 0 Å². The second kappa shape index (κ2) is 5.72. The summed E-state index contributed by atoms with van der Waals surface area (Å²) in [4.78, 5) is 18.3. The van der Waals surface area contributed by atoms with Crippen molar-refractivity contribution < 1.29 is 0 Å². The number of H-pyrrole nitrogens is 1. The van der Waals surface area contributed by atoms with Gasteiger partial charge in [0.15, 0.2) is 11.5 Å². The number of piperidine rings is 2. The van der Waals surface area contributed by atoms with E-state index in [2.05, 4.69) is 30.2 Å². The number of fused-ring (bicyclic) bond motifs is 1. The van der Waals surface area contributed by atoms with Gasteiger partial charge in [-0.25, -0.2) is 4.98 Å². The van der Waals surface area contributed by atoms with E-state index in [-0.39, 0.29) is 0 Å². The van der Waals surface area contributed by atoms with Crippen molar-refractivity contribution in [3.8, 4) is 0 Å². The summed E-state index contributed by atoms with van der Waals surface area (Å²) < 4.78 is 0. The average molecular weight is 301 g/mol. The molecule has 2 fully saturated rings. The fourth-order valence-corrected chi connectivity index (χ4v) is 3.96. The first-order chi connectivity index (χ1) is 10.8. The summed E-state index contributed by atoms with van der Waals surface area (Å²) in [6.45, 7) is 4.45. The van der Waals surface area contributed by atoms with Gasteiger partial charge in [-0.05, 0) is 50.6 Å². The molecule has 118 valence electrons. The fraction of sp³-hybridized carbons (Fsp3) is 0.667. The number of anilines is 2. The normalized spacial score (nSPS) is 21.5. The van der Waals surface area contributed by atoms with Crippen molar-refractivity contribution in [2.24, 2.45) is 11.8 Å². The monoisotopic (exact) mass is 301 g/mol. The summed E-state index contributed by atoms with van der Waals surface area (Å²) in [5.74, 6) is 2.96. The minimum atomic E-state index is 0.301. The highest BCUT2D eigenvalue weighted by atomic mass is 15.2. The van der Waals surface area contributed by atoms with Crippen LogP contribution in [-0.4, -0.2) is 46.1 Å². The molecule has 2 aromatic rings. The Balaban J connectivity index is 1.49. The van der Waals surface area contributed by atoms with Gasteiger partial charge in [-0.15, -0.1) is 0 Å². The van der Waals surface area contributed by atoms with Crippen molar-refractivity contribution in [3.05, 3.63) is 6.33 Å². The van der Waals surface area contributed by atoms with E-state index in [9.17, 15) is 0 Å². The first-order valence-corrected chi connectivity index (χ1v) is 8.23. The van der Waals surface area contributed by atoms with Crippen LogP contribution in [0.2, 0.25) is 0 Å². The van der Waals surface area contributed by atoms with E-state index in [0.29, 0.717) is 11.6 Å². The van der Waals surface area contributed by atoms with E-state index in [1.54, 1.807) is 6.33 Å². The van der Waals surface area contributed by atoms with Crippen LogP contribution in [0.4, 0.5) is 11.8 Å². The first-order valence-electron chi connectivity index (χ1n) is 8.23. The molecule has 4 N–H and O–H groups in total. The molecule has 2 aliphatic heterocycles. The molecule has 0 saturated carbocycles. The number of nitrogens with two attached hydrogens (primary N) is 1. The molecule has 0 radical (unpaired) electrons. The Morgan fingerprint density at radius 3 is 2.55 bits per heavy atom. The zero-order valence-electron chi connectivity index (χ0n) is 12.8. The van der Waals surface area contributed by atoms with Gasteiger partial charge in [0.25, 0.3) is 0 Å². The molecule has 0 atom stereocenters. The SMILES string of the molecule is Nc1nc(N2CCC(C3CCNCC3)CC2)c2[nH]cnc2n1. The van der Waals surface area contributed by atoms with Crippen LogP contribution in [0.3, 0.4) is 0 Å². The van der Waals surface area contributed by atoms with E-state index in [4.69, 9.17) is 5.73 Å². The van der Waals surface area contributed by atoms with Crippen LogP contribution in [0.1, 0.15) is 25.7 Å². The predicted molar refractivity (Wildman–Crippen MR) is 86.6 cm³/mol. The highest BCUT2D eigenvalue weighted by molar-refractivity contribution is 5.84. The summed E-state index contributed by atoms with van der Waals surface area (Å²) in [6.07, 6.45) is 6.80. The van der Waals surface area contributed by atoms with E-state index >= 15 is 0 Å². The summed E-state index contributed by atoms with van der Waals surface area (Å²) in [7, 11) is 0. The number of rotatable bonds is 2. The van der Waals surface area contributed by atoms with E-state index in [1.807, 2.05) is 0 Å². The van der Waals surface area contributed by atoms with Crippen molar-refractivity contribution >= 4 is 22.9 Å². The summed E-state index contributed by atoms with van der Waals surface area (Å²) >= 11 is 0. The van der Waals surface area contributed by atoms with Crippen molar-refractivity contribution in [3.63, 3.8) is 0 Å². The molecular weight excluding hydrogens is 278 g/mol. The number of aromatic amines is 1. The lowest BCUT2D eigenvalue weighted by molar-refractivity contribution is 0.222. The van der Waals surface area contributed by atoms with Crippen LogP contribution in [0.5, 0.6) is 0 Å². The van der Waals surface area contributed by atoms with Gasteiger partial charge in [0.2, 0.25) is 5.95 Å². The molecule has 0 unspecified atom stereocenters. The highest BCUT2D eigenvalue weighted by Crippen LogP contribution is 2.33. The molecule has 0 bridgehead atoms.